The Morgan fingerprint density at radius 2 is 1.96 bits per heavy atom. The third-order valence-corrected chi connectivity index (χ3v) is 5.15. The molecule has 138 valence electrons. The van der Waals surface area contributed by atoms with Crippen LogP contribution in [0.4, 0.5) is 5.69 Å². The topological polar surface area (TPSA) is 39.6 Å². The molecule has 0 bridgehead atoms. The van der Waals surface area contributed by atoms with Gasteiger partial charge in [0.25, 0.3) is 0 Å². The Bertz CT molecular complexity index is 751. The van der Waals surface area contributed by atoms with Crippen LogP contribution in [0.5, 0.6) is 0 Å². The molecule has 4 nitrogen and oxygen atoms in total. The fourth-order valence-corrected chi connectivity index (χ4v) is 3.39. The molecular formula is C22H29N3O. The molecule has 2 aromatic rings. The standard InChI is InChI=1S/C22H29N3O/c1-4-6-18-15-19(25-13-11-24(3)12-14-25)9-10-20(18)22-8-5-7-21(23-22)17(2)16-26/h4-5,7-10,15,17,26H,1,6,11-14,16H2,2-3H3. The molecule has 0 spiro atoms. The van der Waals surface area contributed by atoms with Crippen LogP contribution in [0.2, 0.25) is 0 Å². The molecule has 1 atom stereocenters. The van der Waals surface area contributed by atoms with Gasteiger partial charge in [-0.05, 0) is 43.3 Å². The van der Waals surface area contributed by atoms with Crippen molar-refractivity contribution in [3.05, 3.63) is 60.3 Å². The summed E-state index contributed by atoms with van der Waals surface area (Å²) >= 11 is 0. The van der Waals surface area contributed by atoms with E-state index < -0.39 is 0 Å². The number of rotatable bonds is 6. The van der Waals surface area contributed by atoms with Crippen molar-refractivity contribution in [3.63, 3.8) is 0 Å². The number of benzene rings is 1. The number of nitrogens with zero attached hydrogens (tertiary/aromatic N) is 3. The Kier molecular flexibility index (Phi) is 6.07. The van der Waals surface area contributed by atoms with Crippen LogP contribution < -0.4 is 4.90 Å². The van der Waals surface area contributed by atoms with Gasteiger partial charge in [-0.1, -0.05) is 25.1 Å². The van der Waals surface area contributed by atoms with Crippen molar-refractivity contribution in [1.29, 1.82) is 0 Å². The summed E-state index contributed by atoms with van der Waals surface area (Å²) in [4.78, 5) is 9.61. The molecular weight excluding hydrogens is 322 g/mol. The summed E-state index contributed by atoms with van der Waals surface area (Å²) < 4.78 is 0. The van der Waals surface area contributed by atoms with Gasteiger partial charge in [-0.25, -0.2) is 0 Å². The molecule has 4 heteroatoms. The second-order valence-electron chi connectivity index (χ2n) is 7.16. The van der Waals surface area contributed by atoms with Crippen LogP contribution in [0.1, 0.15) is 24.1 Å². The molecule has 1 unspecified atom stereocenters. The van der Waals surface area contributed by atoms with Crippen molar-refractivity contribution in [2.45, 2.75) is 19.3 Å². The zero-order chi connectivity index (χ0) is 18.5. The summed E-state index contributed by atoms with van der Waals surface area (Å²) in [6.45, 7) is 10.3. The van der Waals surface area contributed by atoms with Crippen molar-refractivity contribution < 1.29 is 5.11 Å². The number of hydrogen-bond donors (Lipinski definition) is 1. The van der Waals surface area contributed by atoms with E-state index in [2.05, 4.69) is 41.6 Å². The van der Waals surface area contributed by atoms with Gasteiger partial charge >= 0.3 is 0 Å². The van der Waals surface area contributed by atoms with E-state index in [9.17, 15) is 5.11 Å². The van der Waals surface area contributed by atoms with Crippen LogP contribution >= 0.6 is 0 Å². The first-order valence-electron chi connectivity index (χ1n) is 9.38. The van der Waals surface area contributed by atoms with E-state index in [0.717, 1.165) is 49.6 Å². The number of pyridine rings is 1. The number of anilines is 1. The highest BCUT2D eigenvalue weighted by Gasteiger charge is 2.16. The van der Waals surface area contributed by atoms with Crippen molar-refractivity contribution in [2.75, 3.05) is 44.7 Å². The van der Waals surface area contributed by atoms with E-state index >= 15 is 0 Å². The molecule has 1 aromatic carbocycles. The van der Waals surface area contributed by atoms with Crippen LogP contribution in [0, 0.1) is 0 Å². The summed E-state index contributed by atoms with van der Waals surface area (Å²) in [6, 6.07) is 12.7. The van der Waals surface area contributed by atoms with E-state index in [1.54, 1.807) is 0 Å². The summed E-state index contributed by atoms with van der Waals surface area (Å²) in [5.74, 6) is 0.0439. The van der Waals surface area contributed by atoms with E-state index in [1.807, 2.05) is 31.2 Å². The Morgan fingerprint density at radius 3 is 2.65 bits per heavy atom. The average molecular weight is 351 g/mol. The molecule has 1 N–H and O–H groups in total. The Morgan fingerprint density at radius 1 is 1.19 bits per heavy atom. The van der Waals surface area contributed by atoms with Gasteiger partial charge in [0.1, 0.15) is 0 Å². The summed E-state index contributed by atoms with van der Waals surface area (Å²) in [5, 5.41) is 9.43. The maximum absolute atomic E-state index is 9.43. The van der Waals surface area contributed by atoms with Crippen LogP contribution in [0.3, 0.4) is 0 Å². The summed E-state index contributed by atoms with van der Waals surface area (Å²) in [6.07, 6.45) is 2.77. The average Bonchev–Trinajstić information content (AvgIpc) is 2.68. The third kappa shape index (κ3) is 4.14. The molecule has 1 aliphatic rings. The first kappa shape index (κ1) is 18.6. The number of likely N-dealkylation sites (N-methyl/N-ethyl adjacent to an activating group) is 1. The number of aliphatic hydroxyl groups excluding tert-OH is 1. The van der Waals surface area contributed by atoms with E-state index in [4.69, 9.17) is 4.98 Å². The molecule has 1 aliphatic heterocycles. The number of allylic oxidation sites excluding steroid dienone is 1. The van der Waals surface area contributed by atoms with Crippen LogP contribution in [0.15, 0.2) is 49.1 Å². The lowest BCUT2D eigenvalue weighted by Crippen LogP contribution is -2.44. The number of aromatic nitrogens is 1. The van der Waals surface area contributed by atoms with E-state index in [0.29, 0.717) is 0 Å². The maximum atomic E-state index is 9.43. The SMILES string of the molecule is C=CCc1cc(N2CCN(C)CC2)ccc1-c1cccc(C(C)CO)n1. The van der Waals surface area contributed by atoms with E-state index in [-0.39, 0.29) is 12.5 Å². The van der Waals surface area contributed by atoms with Crippen LogP contribution in [-0.2, 0) is 6.42 Å². The largest absolute Gasteiger partial charge is 0.396 e. The highest BCUT2D eigenvalue weighted by molar-refractivity contribution is 5.68. The van der Waals surface area contributed by atoms with Gasteiger partial charge in [0.2, 0.25) is 0 Å². The lowest BCUT2D eigenvalue weighted by Gasteiger charge is -2.34. The number of hydrogen-bond acceptors (Lipinski definition) is 4. The molecule has 0 saturated carbocycles. The first-order valence-corrected chi connectivity index (χ1v) is 9.38. The lowest BCUT2D eigenvalue weighted by atomic mass is 9.99. The zero-order valence-corrected chi connectivity index (χ0v) is 15.9. The minimum absolute atomic E-state index is 0.0439. The predicted molar refractivity (Wildman–Crippen MR) is 109 cm³/mol. The summed E-state index contributed by atoms with van der Waals surface area (Å²) in [7, 11) is 2.18. The van der Waals surface area contributed by atoms with Gasteiger partial charge in [-0.3, -0.25) is 4.98 Å². The maximum Gasteiger partial charge on any atom is 0.0708 e. The summed E-state index contributed by atoms with van der Waals surface area (Å²) in [5.41, 5.74) is 5.56. The molecule has 1 fully saturated rings. The minimum atomic E-state index is 0.0439. The molecule has 26 heavy (non-hydrogen) atoms. The Labute approximate surface area is 156 Å². The van der Waals surface area contributed by atoms with Crippen molar-refractivity contribution in [1.82, 2.24) is 9.88 Å². The number of aliphatic hydroxyl groups is 1. The third-order valence-electron chi connectivity index (χ3n) is 5.15. The number of piperazine rings is 1. The lowest BCUT2D eigenvalue weighted by molar-refractivity contribution is 0.271. The van der Waals surface area contributed by atoms with Gasteiger partial charge in [-0.2, -0.15) is 0 Å². The quantitative estimate of drug-likeness (QED) is 0.811. The molecule has 0 amide bonds. The molecule has 0 aliphatic carbocycles. The molecule has 3 rings (SSSR count). The molecule has 0 radical (unpaired) electrons. The molecule has 1 aromatic heterocycles. The highest BCUT2D eigenvalue weighted by atomic mass is 16.3. The second-order valence-corrected chi connectivity index (χ2v) is 7.16. The van der Waals surface area contributed by atoms with Gasteiger partial charge in [0, 0.05) is 49.0 Å². The van der Waals surface area contributed by atoms with E-state index in [1.165, 1.54) is 11.3 Å². The Balaban J connectivity index is 1.93. The van der Waals surface area contributed by atoms with Crippen LogP contribution in [-0.4, -0.2) is 54.8 Å². The fourth-order valence-electron chi connectivity index (χ4n) is 3.39. The zero-order valence-electron chi connectivity index (χ0n) is 15.9. The first-order chi connectivity index (χ1) is 12.6. The molecule has 1 saturated heterocycles. The van der Waals surface area contributed by atoms with Gasteiger partial charge in [-0.15, -0.1) is 6.58 Å². The van der Waals surface area contributed by atoms with Gasteiger partial charge in [0.15, 0.2) is 0 Å². The van der Waals surface area contributed by atoms with Gasteiger partial charge < -0.3 is 14.9 Å². The predicted octanol–water partition coefficient (Wildman–Crippen LogP) is 3.32. The second kappa shape index (κ2) is 8.47. The van der Waals surface area contributed by atoms with Crippen molar-refractivity contribution >= 4 is 5.69 Å². The fraction of sp³-hybridized carbons (Fsp3) is 0.409. The van der Waals surface area contributed by atoms with Crippen molar-refractivity contribution in [2.24, 2.45) is 0 Å². The smallest absolute Gasteiger partial charge is 0.0708 e. The van der Waals surface area contributed by atoms with Crippen molar-refractivity contribution in [3.8, 4) is 11.3 Å². The Hall–Kier alpha value is -2.17. The minimum Gasteiger partial charge on any atom is -0.396 e. The monoisotopic (exact) mass is 351 g/mol. The van der Waals surface area contributed by atoms with Gasteiger partial charge in [0.05, 0.1) is 12.3 Å². The normalized spacial score (nSPS) is 16.5. The molecule has 2 heterocycles. The van der Waals surface area contributed by atoms with Crippen LogP contribution in [0.25, 0.3) is 11.3 Å². The highest BCUT2D eigenvalue weighted by Crippen LogP contribution is 2.29.